The first-order valence-corrected chi connectivity index (χ1v) is 7.85. The van der Waals surface area contributed by atoms with Gasteiger partial charge in [-0.25, -0.2) is 0 Å². The van der Waals surface area contributed by atoms with Crippen molar-refractivity contribution >= 4 is 11.6 Å². The number of nitrogens with one attached hydrogen (secondary N) is 1. The van der Waals surface area contributed by atoms with Crippen LogP contribution in [0.25, 0.3) is 0 Å². The van der Waals surface area contributed by atoms with E-state index < -0.39 is 0 Å². The van der Waals surface area contributed by atoms with E-state index >= 15 is 0 Å². The van der Waals surface area contributed by atoms with Gasteiger partial charge in [-0.2, -0.15) is 0 Å². The van der Waals surface area contributed by atoms with Gasteiger partial charge in [0.2, 0.25) is 0 Å². The van der Waals surface area contributed by atoms with Gasteiger partial charge >= 0.3 is 0 Å². The molecular formula is C17H26ClN. The van der Waals surface area contributed by atoms with E-state index in [4.69, 9.17) is 11.6 Å². The third-order valence-corrected chi connectivity index (χ3v) is 5.17. The predicted octanol–water partition coefficient (Wildman–Crippen LogP) is 4.75. The average Bonchev–Trinajstić information content (AvgIpc) is 2.38. The molecule has 1 fully saturated rings. The Morgan fingerprint density at radius 1 is 1.26 bits per heavy atom. The summed E-state index contributed by atoms with van der Waals surface area (Å²) >= 11 is 6.39. The molecule has 1 aliphatic rings. The molecule has 0 aromatic heterocycles. The molecule has 0 bridgehead atoms. The van der Waals surface area contributed by atoms with Crippen LogP contribution in [0.2, 0.25) is 5.02 Å². The highest BCUT2D eigenvalue weighted by molar-refractivity contribution is 6.31. The van der Waals surface area contributed by atoms with Crippen LogP contribution in [-0.2, 0) is 6.42 Å². The van der Waals surface area contributed by atoms with E-state index in [9.17, 15) is 0 Å². The molecule has 0 radical (unpaired) electrons. The van der Waals surface area contributed by atoms with Crippen molar-refractivity contribution in [2.45, 2.75) is 58.4 Å². The fourth-order valence-electron chi connectivity index (χ4n) is 3.44. The molecule has 0 amide bonds. The molecule has 1 unspecified atom stereocenters. The van der Waals surface area contributed by atoms with Crippen LogP contribution in [0.4, 0.5) is 0 Å². The highest BCUT2D eigenvalue weighted by Gasteiger charge is 2.34. The summed E-state index contributed by atoms with van der Waals surface area (Å²) in [5.41, 5.74) is 2.93. The Bertz CT molecular complexity index is 421. The molecule has 0 saturated heterocycles. The summed E-state index contributed by atoms with van der Waals surface area (Å²) in [5, 5.41) is 4.46. The van der Waals surface area contributed by atoms with E-state index in [0.29, 0.717) is 11.5 Å². The number of halogens is 1. The van der Waals surface area contributed by atoms with Crippen LogP contribution in [0.15, 0.2) is 18.2 Å². The highest BCUT2D eigenvalue weighted by atomic mass is 35.5. The maximum absolute atomic E-state index is 6.39. The minimum absolute atomic E-state index is 0.418. The van der Waals surface area contributed by atoms with Crippen LogP contribution in [0, 0.1) is 12.3 Å². The summed E-state index contributed by atoms with van der Waals surface area (Å²) in [7, 11) is 2.09. The number of likely N-dealkylation sites (N-methyl/N-ethyl adjacent to an activating group) is 1. The van der Waals surface area contributed by atoms with Crippen LogP contribution in [0.5, 0.6) is 0 Å². The smallest absolute Gasteiger partial charge is 0.0441 e. The SMILES string of the molecule is CNC(Cc1ccc(C)cc1Cl)C1(C)CCCCC1. The van der Waals surface area contributed by atoms with Crippen molar-refractivity contribution in [3.63, 3.8) is 0 Å². The molecular weight excluding hydrogens is 254 g/mol. The molecule has 0 spiro atoms. The first-order chi connectivity index (χ1) is 9.05. The van der Waals surface area contributed by atoms with E-state index in [0.717, 1.165) is 11.4 Å². The molecule has 2 heteroatoms. The second-order valence-electron chi connectivity index (χ2n) is 6.35. The second kappa shape index (κ2) is 6.28. The lowest BCUT2D eigenvalue weighted by molar-refractivity contribution is 0.149. The van der Waals surface area contributed by atoms with Crippen molar-refractivity contribution < 1.29 is 0 Å². The molecule has 0 heterocycles. The maximum atomic E-state index is 6.39. The summed E-state index contributed by atoms with van der Waals surface area (Å²) in [6, 6.07) is 6.95. The molecule has 106 valence electrons. The Kier molecular flexibility index (Phi) is 4.92. The molecule has 1 aromatic carbocycles. The lowest BCUT2D eigenvalue weighted by Crippen LogP contribution is -2.44. The lowest BCUT2D eigenvalue weighted by atomic mass is 9.69. The van der Waals surface area contributed by atoms with Crippen LogP contribution in [0.1, 0.15) is 50.2 Å². The van der Waals surface area contributed by atoms with Crippen LogP contribution in [-0.4, -0.2) is 13.1 Å². The summed E-state index contributed by atoms with van der Waals surface area (Å²) in [4.78, 5) is 0. The topological polar surface area (TPSA) is 12.0 Å². The van der Waals surface area contributed by atoms with Crippen LogP contribution in [0.3, 0.4) is 0 Å². The molecule has 1 nitrogen and oxygen atoms in total. The predicted molar refractivity (Wildman–Crippen MR) is 83.9 cm³/mol. The van der Waals surface area contributed by atoms with Gasteiger partial charge in [0.1, 0.15) is 0 Å². The van der Waals surface area contributed by atoms with Gasteiger partial charge in [-0.3, -0.25) is 0 Å². The van der Waals surface area contributed by atoms with Gasteiger partial charge in [-0.1, -0.05) is 49.9 Å². The maximum Gasteiger partial charge on any atom is 0.0441 e. The van der Waals surface area contributed by atoms with Crippen LogP contribution < -0.4 is 5.32 Å². The summed E-state index contributed by atoms with van der Waals surface area (Å²) in [5.74, 6) is 0. The zero-order chi connectivity index (χ0) is 13.9. The second-order valence-corrected chi connectivity index (χ2v) is 6.76. The lowest BCUT2D eigenvalue weighted by Gasteiger charge is -2.41. The average molecular weight is 280 g/mol. The molecule has 2 rings (SSSR count). The van der Waals surface area contributed by atoms with Gasteiger partial charge < -0.3 is 5.32 Å². The van der Waals surface area contributed by atoms with Gasteiger partial charge in [0.25, 0.3) is 0 Å². The standard InChI is InChI=1S/C17H26ClN/c1-13-7-8-14(15(18)11-13)12-16(19-3)17(2)9-5-4-6-10-17/h7-8,11,16,19H,4-6,9-10,12H2,1-3H3. The Morgan fingerprint density at radius 3 is 2.53 bits per heavy atom. The fraction of sp³-hybridized carbons (Fsp3) is 0.647. The number of benzene rings is 1. The quantitative estimate of drug-likeness (QED) is 0.839. The number of hydrogen-bond acceptors (Lipinski definition) is 1. The van der Waals surface area contributed by atoms with E-state index in [1.54, 1.807) is 0 Å². The molecule has 1 saturated carbocycles. The Hall–Kier alpha value is -0.530. The first-order valence-electron chi connectivity index (χ1n) is 7.47. The van der Waals surface area contributed by atoms with E-state index in [-0.39, 0.29) is 0 Å². The van der Waals surface area contributed by atoms with Crippen molar-refractivity contribution in [2.24, 2.45) is 5.41 Å². The largest absolute Gasteiger partial charge is 0.316 e. The normalized spacial score (nSPS) is 20.2. The van der Waals surface area contributed by atoms with Crippen LogP contribution >= 0.6 is 11.6 Å². The molecule has 1 aromatic rings. The third-order valence-electron chi connectivity index (χ3n) is 4.82. The van der Waals surface area contributed by atoms with Crippen molar-refractivity contribution in [1.29, 1.82) is 0 Å². The van der Waals surface area contributed by atoms with Gasteiger partial charge in [0, 0.05) is 11.1 Å². The Morgan fingerprint density at radius 2 is 1.95 bits per heavy atom. The Balaban J connectivity index is 2.14. The van der Waals surface area contributed by atoms with Gasteiger partial charge in [0.15, 0.2) is 0 Å². The summed E-state index contributed by atoms with van der Waals surface area (Å²) in [6.45, 7) is 4.53. The first kappa shape index (κ1) is 14.9. The minimum atomic E-state index is 0.418. The van der Waals surface area contributed by atoms with E-state index in [1.165, 1.54) is 43.2 Å². The van der Waals surface area contributed by atoms with E-state index in [2.05, 4.69) is 44.4 Å². The number of hydrogen-bond donors (Lipinski definition) is 1. The number of rotatable bonds is 4. The summed E-state index contributed by atoms with van der Waals surface area (Å²) in [6.07, 6.45) is 7.85. The van der Waals surface area contributed by atoms with Gasteiger partial charge in [0.05, 0.1) is 0 Å². The van der Waals surface area contributed by atoms with Crippen molar-refractivity contribution in [3.8, 4) is 0 Å². The summed E-state index contributed by atoms with van der Waals surface area (Å²) < 4.78 is 0. The molecule has 19 heavy (non-hydrogen) atoms. The molecule has 1 N–H and O–H groups in total. The van der Waals surface area contributed by atoms with Crippen molar-refractivity contribution in [1.82, 2.24) is 5.32 Å². The van der Waals surface area contributed by atoms with Crippen molar-refractivity contribution in [3.05, 3.63) is 34.3 Å². The van der Waals surface area contributed by atoms with Gasteiger partial charge in [-0.15, -0.1) is 0 Å². The highest BCUT2D eigenvalue weighted by Crippen LogP contribution is 2.40. The zero-order valence-electron chi connectivity index (χ0n) is 12.4. The third kappa shape index (κ3) is 3.52. The fourth-order valence-corrected chi connectivity index (χ4v) is 3.75. The molecule has 1 aliphatic carbocycles. The van der Waals surface area contributed by atoms with Crippen molar-refractivity contribution in [2.75, 3.05) is 7.05 Å². The zero-order valence-corrected chi connectivity index (χ0v) is 13.2. The minimum Gasteiger partial charge on any atom is -0.316 e. The van der Waals surface area contributed by atoms with Gasteiger partial charge in [-0.05, 0) is 55.8 Å². The number of aryl methyl sites for hydroxylation is 1. The Labute approximate surface area is 122 Å². The van der Waals surface area contributed by atoms with E-state index in [1.807, 2.05) is 0 Å². The molecule has 0 aliphatic heterocycles. The molecule has 1 atom stereocenters. The monoisotopic (exact) mass is 279 g/mol.